The van der Waals surface area contributed by atoms with Crippen LogP contribution >= 0.6 is 11.3 Å². The number of H-pyrrole nitrogens is 1. The Hall–Kier alpha value is -1.89. The number of aromatic nitrogens is 2. The smallest absolute Gasteiger partial charge is 0.329 e. The summed E-state index contributed by atoms with van der Waals surface area (Å²) >= 11 is 1.35. The summed E-state index contributed by atoms with van der Waals surface area (Å²) in [7, 11) is 0. The average molecular weight is 268 g/mol. The van der Waals surface area contributed by atoms with Crippen LogP contribution in [0.15, 0.2) is 15.7 Å². The molecule has 0 aliphatic rings. The SMILES string of the molecule is Cc1cc2c(=O)n(CCCC(=O)O)c(=O)[nH]c2s1. The quantitative estimate of drug-likeness (QED) is 0.862. The van der Waals surface area contributed by atoms with Gasteiger partial charge >= 0.3 is 11.7 Å². The van der Waals surface area contributed by atoms with Crippen LogP contribution in [0.1, 0.15) is 17.7 Å². The molecule has 0 aliphatic carbocycles. The first-order valence-electron chi connectivity index (χ1n) is 5.44. The number of hydrogen-bond acceptors (Lipinski definition) is 4. The van der Waals surface area contributed by atoms with Crippen LogP contribution in [0.5, 0.6) is 0 Å². The molecule has 2 N–H and O–H groups in total. The van der Waals surface area contributed by atoms with Gasteiger partial charge in [0.25, 0.3) is 5.56 Å². The number of nitrogens with zero attached hydrogens (tertiary/aromatic N) is 1. The van der Waals surface area contributed by atoms with Gasteiger partial charge in [0.15, 0.2) is 0 Å². The van der Waals surface area contributed by atoms with E-state index in [1.165, 1.54) is 11.3 Å². The van der Waals surface area contributed by atoms with E-state index in [9.17, 15) is 14.4 Å². The lowest BCUT2D eigenvalue weighted by Gasteiger charge is -2.02. The van der Waals surface area contributed by atoms with Crippen LogP contribution in [-0.2, 0) is 11.3 Å². The van der Waals surface area contributed by atoms with Crippen molar-refractivity contribution in [3.63, 3.8) is 0 Å². The van der Waals surface area contributed by atoms with E-state index in [4.69, 9.17) is 5.11 Å². The zero-order valence-corrected chi connectivity index (χ0v) is 10.5. The average Bonchev–Trinajstić information content (AvgIpc) is 2.63. The number of thiophene rings is 1. The van der Waals surface area contributed by atoms with Gasteiger partial charge < -0.3 is 5.11 Å². The van der Waals surface area contributed by atoms with Gasteiger partial charge in [-0.1, -0.05) is 0 Å². The highest BCUT2D eigenvalue weighted by atomic mass is 32.1. The second kappa shape index (κ2) is 4.77. The largest absolute Gasteiger partial charge is 0.481 e. The molecular weight excluding hydrogens is 256 g/mol. The molecule has 0 saturated heterocycles. The van der Waals surface area contributed by atoms with Gasteiger partial charge in [-0.3, -0.25) is 19.1 Å². The third kappa shape index (κ3) is 2.35. The summed E-state index contributed by atoms with van der Waals surface area (Å²) in [5.74, 6) is -0.938. The number of aromatic amines is 1. The highest BCUT2D eigenvalue weighted by Crippen LogP contribution is 2.18. The van der Waals surface area contributed by atoms with Gasteiger partial charge in [0.05, 0.1) is 5.39 Å². The number of carboxylic acids is 1. The van der Waals surface area contributed by atoms with Crippen LogP contribution < -0.4 is 11.2 Å². The summed E-state index contributed by atoms with van der Waals surface area (Å²) in [6.07, 6.45) is 0.194. The second-order valence-corrected chi connectivity index (χ2v) is 5.24. The Labute approximate surface area is 106 Å². The molecule has 18 heavy (non-hydrogen) atoms. The maximum Gasteiger partial charge on any atom is 0.329 e. The molecule has 2 aromatic heterocycles. The highest BCUT2D eigenvalue weighted by molar-refractivity contribution is 7.18. The van der Waals surface area contributed by atoms with Crippen LogP contribution in [0.4, 0.5) is 0 Å². The second-order valence-electron chi connectivity index (χ2n) is 3.98. The van der Waals surface area contributed by atoms with E-state index in [0.717, 1.165) is 9.44 Å². The van der Waals surface area contributed by atoms with Crippen molar-refractivity contribution < 1.29 is 9.90 Å². The Bertz CT molecular complexity index is 710. The molecule has 6 nitrogen and oxygen atoms in total. The molecule has 0 unspecified atom stereocenters. The minimum absolute atomic E-state index is 0.0629. The molecular formula is C11H12N2O4S. The van der Waals surface area contributed by atoms with Gasteiger partial charge in [-0.2, -0.15) is 0 Å². The topological polar surface area (TPSA) is 92.2 Å². The lowest BCUT2D eigenvalue weighted by molar-refractivity contribution is -0.137. The zero-order valence-electron chi connectivity index (χ0n) is 9.73. The van der Waals surface area contributed by atoms with E-state index in [1.54, 1.807) is 6.07 Å². The van der Waals surface area contributed by atoms with Crippen LogP contribution in [0.2, 0.25) is 0 Å². The third-order valence-corrected chi connectivity index (χ3v) is 3.53. The molecule has 0 aromatic carbocycles. The van der Waals surface area contributed by atoms with Crippen LogP contribution in [-0.4, -0.2) is 20.6 Å². The Kier molecular flexibility index (Phi) is 3.33. The molecule has 0 bridgehead atoms. The van der Waals surface area contributed by atoms with Crippen molar-refractivity contribution in [2.24, 2.45) is 0 Å². The number of hydrogen-bond donors (Lipinski definition) is 2. The maximum absolute atomic E-state index is 12.0. The first-order chi connectivity index (χ1) is 8.49. The predicted octanol–water partition coefficient (Wildman–Crippen LogP) is 0.925. The zero-order chi connectivity index (χ0) is 13.3. The van der Waals surface area contributed by atoms with Crippen molar-refractivity contribution >= 4 is 27.5 Å². The first-order valence-corrected chi connectivity index (χ1v) is 6.26. The molecule has 2 heterocycles. The third-order valence-electron chi connectivity index (χ3n) is 2.57. The first kappa shape index (κ1) is 12.6. The lowest BCUT2D eigenvalue weighted by Crippen LogP contribution is -2.34. The van der Waals surface area contributed by atoms with E-state index in [0.29, 0.717) is 10.2 Å². The number of carbonyl (C=O) groups is 1. The minimum Gasteiger partial charge on any atom is -0.481 e. The number of aliphatic carboxylic acids is 1. The van der Waals surface area contributed by atoms with Crippen LogP contribution in [0.3, 0.4) is 0 Å². The van der Waals surface area contributed by atoms with E-state index in [1.807, 2.05) is 6.92 Å². The summed E-state index contributed by atoms with van der Waals surface area (Å²) in [6.45, 7) is 1.97. The summed E-state index contributed by atoms with van der Waals surface area (Å²) in [5, 5.41) is 9.01. The number of nitrogens with one attached hydrogen (secondary N) is 1. The molecule has 0 saturated carbocycles. The molecule has 2 aromatic rings. The highest BCUT2D eigenvalue weighted by Gasteiger charge is 2.10. The summed E-state index contributed by atoms with van der Waals surface area (Å²) in [5.41, 5.74) is -0.844. The fourth-order valence-electron chi connectivity index (χ4n) is 1.76. The van der Waals surface area contributed by atoms with Crippen molar-refractivity contribution in [1.82, 2.24) is 9.55 Å². The number of rotatable bonds is 4. The van der Waals surface area contributed by atoms with Crippen LogP contribution in [0.25, 0.3) is 10.2 Å². The van der Waals surface area contributed by atoms with Crippen molar-refractivity contribution in [2.45, 2.75) is 26.3 Å². The van der Waals surface area contributed by atoms with Gasteiger partial charge in [-0.05, 0) is 19.4 Å². The standard InChI is InChI=1S/C11H12N2O4S/c1-6-5-7-9(18-6)12-11(17)13(10(7)16)4-2-3-8(14)15/h5H,2-4H2,1H3,(H,12,17)(H,14,15). The molecule has 0 aliphatic heterocycles. The molecule has 0 fully saturated rings. The van der Waals surface area contributed by atoms with Gasteiger partial charge in [0, 0.05) is 17.8 Å². The molecule has 96 valence electrons. The fraction of sp³-hybridized carbons (Fsp3) is 0.364. The minimum atomic E-state index is -0.938. The van der Waals surface area contributed by atoms with E-state index < -0.39 is 11.7 Å². The number of carboxylic acid groups (broad SMARTS) is 1. The fourth-order valence-corrected chi connectivity index (χ4v) is 2.65. The van der Waals surface area contributed by atoms with E-state index in [-0.39, 0.29) is 24.9 Å². The Morgan fingerprint density at radius 1 is 1.50 bits per heavy atom. The lowest BCUT2D eigenvalue weighted by atomic mass is 10.3. The van der Waals surface area contributed by atoms with Crippen molar-refractivity contribution in [2.75, 3.05) is 0 Å². The Morgan fingerprint density at radius 2 is 2.22 bits per heavy atom. The normalized spacial score (nSPS) is 10.9. The van der Waals surface area contributed by atoms with Gasteiger partial charge in [-0.15, -0.1) is 11.3 Å². The van der Waals surface area contributed by atoms with Crippen molar-refractivity contribution in [3.8, 4) is 0 Å². The van der Waals surface area contributed by atoms with Crippen molar-refractivity contribution in [3.05, 3.63) is 31.8 Å². The Balaban J connectivity index is 2.41. The predicted molar refractivity (Wildman–Crippen MR) is 68.3 cm³/mol. The summed E-state index contributed by atoms with van der Waals surface area (Å²) < 4.78 is 1.05. The monoisotopic (exact) mass is 268 g/mol. The molecule has 0 atom stereocenters. The summed E-state index contributed by atoms with van der Waals surface area (Å²) in [4.78, 5) is 38.3. The molecule has 7 heteroatoms. The number of aryl methyl sites for hydroxylation is 1. The molecule has 0 spiro atoms. The van der Waals surface area contributed by atoms with Crippen LogP contribution in [0, 0.1) is 6.92 Å². The van der Waals surface area contributed by atoms with Gasteiger partial charge in [-0.25, -0.2) is 4.79 Å². The van der Waals surface area contributed by atoms with E-state index >= 15 is 0 Å². The Morgan fingerprint density at radius 3 is 2.89 bits per heavy atom. The molecule has 0 radical (unpaired) electrons. The maximum atomic E-state index is 12.0. The van der Waals surface area contributed by atoms with Crippen molar-refractivity contribution in [1.29, 1.82) is 0 Å². The summed E-state index contributed by atoms with van der Waals surface area (Å²) in [6, 6.07) is 1.73. The van der Waals surface area contributed by atoms with Gasteiger partial charge in [0.2, 0.25) is 0 Å². The number of fused-ring (bicyclic) bond motifs is 1. The molecule has 0 amide bonds. The van der Waals surface area contributed by atoms with E-state index in [2.05, 4.69) is 4.98 Å². The van der Waals surface area contributed by atoms with Gasteiger partial charge in [0.1, 0.15) is 4.83 Å². The molecule has 2 rings (SSSR count).